The molecule has 0 saturated carbocycles. The van der Waals surface area contributed by atoms with Crippen LogP contribution in [0.5, 0.6) is 5.75 Å². The maximum atomic E-state index is 12.8. The monoisotopic (exact) mass is 425 g/mol. The van der Waals surface area contributed by atoms with Gasteiger partial charge in [0.1, 0.15) is 11.5 Å². The Morgan fingerprint density at radius 2 is 1.71 bits per heavy atom. The highest BCUT2D eigenvalue weighted by Crippen LogP contribution is 2.23. The van der Waals surface area contributed by atoms with E-state index in [4.69, 9.17) is 20.9 Å². The van der Waals surface area contributed by atoms with Crippen molar-refractivity contribution in [1.82, 2.24) is 5.32 Å². The van der Waals surface area contributed by atoms with E-state index in [-0.39, 0.29) is 17.1 Å². The van der Waals surface area contributed by atoms with Crippen LogP contribution in [0, 0.1) is 5.92 Å². The maximum absolute atomic E-state index is 12.8. The summed E-state index contributed by atoms with van der Waals surface area (Å²) in [6, 6.07) is 12.5. The van der Waals surface area contributed by atoms with E-state index in [9.17, 15) is 18.0 Å². The number of ketones is 1. The highest BCUT2D eigenvalue weighted by molar-refractivity contribution is 7.85. The number of amides is 1. The molecule has 2 aromatic rings. The van der Waals surface area contributed by atoms with Gasteiger partial charge in [-0.15, -0.1) is 0 Å². The first-order valence-corrected chi connectivity index (χ1v) is 10.4. The number of para-hydroxylation sites is 1. The number of hydrogen-bond acceptors (Lipinski definition) is 5. The molecule has 1 atom stereocenters. The van der Waals surface area contributed by atoms with E-state index in [2.05, 4.69) is 5.32 Å². The molecule has 0 aromatic heterocycles. The van der Waals surface area contributed by atoms with Gasteiger partial charge in [0.25, 0.3) is 10.1 Å². The third kappa shape index (κ3) is 6.33. The molecule has 2 rings (SSSR count). The molecule has 2 N–H and O–H groups in total. The predicted octanol–water partition coefficient (Wildman–Crippen LogP) is 2.94. The van der Waals surface area contributed by atoms with Crippen LogP contribution in [-0.4, -0.2) is 36.6 Å². The zero-order valence-electron chi connectivity index (χ0n) is 15.3. The van der Waals surface area contributed by atoms with Crippen LogP contribution in [-0.2, 0) is 14.9 Å². The first kappa shape index (κ1) is 21.9. The molecule has 0 fully saturated rings. The molecule has 0 aliphatic rings. The van der Waals surface area contributed by atoms with Crippen molar-refractivity contribution in [2.45, 2.75) is 20.1 Å². The van der Waals surface area contributed by atoms with Gasteiger partial charge in [-0.05, 0) is 36.4 Å². The van der Waals surface area contributed by atoms with Crippen molar-refractivity contribution in [1.29, 1.82) is 0 Å². The number of rotatable bonds is 8. The quantitative estimate of drug-likeness (QED) is 0.382. The van der Waals surface area contributed by atoms with Crippen LogP contribution >= 0.6 is 11.6 Å². The van der Waals surface area contributed by atoms with Crippen molar-refractivity contribution in [3.05, 3.63) is 64.7 Å². The molecule has 2 aromatic carbocycles. The first-order chi connectivity index (χ1) is 13.1. The number of benzene rings is 2. The fourth-order valence-electron chi connectivity index (χ4n) is 2.29. The Labute approximate surface area is 168 Å². The summed E-state index contributed by atoms with van der Waals surface area (Å²) in [5.41, 5.74) is 0.530. The summed E-state index contributed by atoms with van der Waals surface area (Å²) in [4.78, 5) is 24.8. The Bertz CT molecular complexity index is 957. The normalized spacial score (nSPS) is 12.5. The minimum Gasteiger partial charge on any atom is -0.469 e. The molecule has 28 heavy (non-hydrogen) atoms. The SMILES string of the molecule is CC(C)C(=O)NC(CS(=O)(=O)O)Oc1ccccc1C(=O)c1ccc(Cl)cc1. The van der Waals surface area contributed by atoms with E-state index in [0.29, 0.717) is 10.6 Å². The Morgan fingerprint density at radius 1 is 1.11 bits per heavy atom. The number of ether oxygens (including phenoxy) is 1. The minimum atomic E-state index is -4.44. The van der Waals surface area contributed by atoms with Gasteiger partial charge in [-0.1, -0.05) is 37.6 Å². The second-order valence-corrected chi connectivity index (χ2v) is 8.28. The van der Waals surface area contributed by atoms with Crippen molar-refractivity contribution in [2.24, 2.45) is 5.92 Å². The lowest BCUT2D eigenvalue weighted by atomic mass is 10.0. The average Bonchev–Trinajstić information content (AvgIpc) is 2.60. The molecule has 0 heterocycles. The molecular formula is C19H20ClNO6S. The molecule has 0 saturated heterocycles. The van der Waals surface area contributed by atoms with Crippen LogP contribution in [0.4, 0.5) is 0 Å². The van der Waals surface area contributed by atoms with Gasteiger partial charge in [-0.25, -0.2) is 0 Å². The second-order valence-electron chi connectivity index (χ2n) is 6.35. The Balaban J connectivity index is 2.33. The summed E-state index contributed by atoms with van der Waals surface area (Å²) in [6.45, 7) is 3.25. The van der Waals surface area contributed by atoms with Gasteiger partial charge in [0.05, 0.1) is 5.56 Å². The molecule has 1 amide bonds. The van der Waals surface area contributed by atoms with E-state index in [1.54, 1.807) is 50.2 Å². The van der Waals surface area contributed by atoms with Crippen LogP contribution in [0.25, 0.3) is 0 Å². The highest BCUT2D eigenvalue weighted by atomic mass is 35.5. The fourth-order valence-corrected chi connectivity index (χ4v) is 2.95. The van der Waals surface area contributed by atoms with E-state index in [1.807, 2.05) is 0 Å². The summed E-state index contributed by atoms with van der Waals surface area (Å²) in [6.07, 6.45) is -1.37. The summed E-state index contributed by atoms with van der Waals surface area (Å²) >= 11 is 5.84. The smallest absolute Gasteiger partial charge is 0.270 e. The molecular weight excluding hydrogens is 406 g/mol. The van der Waals surface area contributed by atoms with Crippen LogP contribution in [0.3, 0.4) is 0 Å². The molecule has 0 bridgehead atoms. The van der Waals surface area contributed by atoms with Crippen molar-refractivity contribution >= 4 is 33.4 Å². The Kier molecular flexibility index (Phi) is 7.17. The van der Waals surface area contributed by atoms with E-state index in [0.717, 1.165) is 0 Å². The number of carbonyl (C=O) groups is 2. The van der Waals surface area contributed by atoms with E-state index in [1.165, 1.54) is 12.1 Å². The van der Waals surface area contributed by atoms with Gasteiger partial charge in [0.15, 0.2) is 12.0 Å². The van der Waals surface area contributed by atoms with Crippen LogP contribution in [0.2, 0.25) is 5.02 Å². The van der Waals surface area contributed by atoms with Crippen LogP contribution in [0.1, 0.15) is 29.8 Å². The lowest BCUT2D eigenvalue weighted by Crippen LogP contribution is -2.45. The largest absolute Gasteiger partial charge is 0.469 e. The summed E-state index contributed by atoms with van der Waals surface area (Å²) in [5.74, 6) is -2.06. The van der Waals surface area contributed by atoms with E-state index < -0.39 is 33.9 Å². The maximum Gasteiger partial charge on any atom is 0.270 e. The lowest BCUT2D eigenvalue weighted by Gasteiger charge is -2.21. The number of carbonyl (C=O) groups excluding carboxylic acids is 2. The van der Waals surface area contributed by atoms with Crippen molar-refractivity contribution in [3.8, 4) is 5.75 Å². The van der Waals surface area contributed by atoms with Gasteiger partial charge in [-0.2, -0.15) is 8.42 Å². The van der Waals surface area contributed by atoms with Crippen LogP contribution < -0.4 is 10.1 Å². The molecule has 0 aliphatic heterocycles. The van der Waals surface area contributed by atoms with E-state index >= 15 is 0 Å². The number of halogens is 1. The number of nitrogens with one attached hydrogen (secondary N) is 1. The second kappa shape index (κ2) is 9.18. The van der Waals surface area contributed by atoms with Crippen molar-refractivity contribution < 1.29 is 27.3 Å². The zero-order valence-corrected chi connectivity index (χ0v) is 16.8. The molecule has 7 nitrogen and oxygen atoms in total. The summed E-state index contributed by atoms with van der Waals surface area (Å²) in [5, 5.41) is 2.88. The van der Waals surface area contributed by atoms with Gasteiger partial charge in [0.2, 0.25) is 5.91 Å². The molecule has 0 radical (unpaired) electrons. The highest BCUT2D eigenvalue weighted by Gasteiger charge is 2.24. The summed E-state index contributed by atoms with van der Waals surface area (Å²) < 4.78 is 37.4. The average molecular weight is 426 g/mol. The Morgan fingerprint density at radius 3 is 2.29 bits per heavy atom. The molecule has 1 unspecified atom stereocenters. The van der Waals surface area contributed by atoms with Gasteiger partial charge in [-0.3, -0.25) is 14.1 Å². The van der Waals surface area contributed by atoms with Crippen LogP contribution in [0.15, 0.2) is 48.5 Å². The third-order valence-electron chi connectivity index (χ3n) is 3.70. The minimum absolute atomic E-state index is 0.0696. The van der Waals surface area contributed by atoms with Gasteiger partial charge >= 0.3 is 0 Å². The lowest BCUT2D eigenvalue weighted by molar-refractivity contribution is -0.126. The molecule has 0 aliphatic carbocycles. The van der Waals surface area contributed by atoms with Crippen molar-refractivity contribution in [2.75, 3.05) is 5.75 Å². The standard InChI is InChI=1S/C19H20ClNO6S/c1-12(2)19(23)21-17(11-28(24,25)26)27-16-6-4-3-5-15(16)18(22)13-7-9-14(20)10-8-13/h3-10,12,17H,11H2,1-2H3,(H,21,23)(H,24,25,26). The fraction of sp³-hybridized carbons (Fsp3) is 0.263. The van der Waals surface area contributed by atoms with Gasteiger partial charge in [0, 0.05) is 16.5 Å². The third-order valence-corrected chi connectivity index (χ3v) is 4.67. The molecule has 9 heteroatoms. The van der Waals surface area contributed by atoms with Crippen molar-refractivity contribution in [3.63, 3.8) is 0 Å². The zero-order chi connectivity index (χ0) is 20.9. The first-order valence-electron chi connectivity index (χ1n) is 8.38. The Hall–Kier alpha value is -2.42. The molecule has 0 spiro atoms. The predicted molar refractivity (Wildman–Crippen MR) is 105 cm³/mol. The molecule has 150 valence electrons. The van der Waals surface area contributed by atoms with Gasteiger partial charge < -0.3 is 10.1 Å². The summed E-state index contributed by atoms with van der Waals surface area (Å²) in [7, 11) is -4.44. The number of hydrogen-bond donors (Lipinski definition) is 2. The topological polar surface area (TPSA) is 110 Å².